The van der Waals surface area contributed by atoms with Crippen LogP contribution in [0, 0.1) is 12.0 Å². The van der Waals surface area contributed by atoms with Crippen LogP contribution in [0.5, 0.6) is 0 Å². The zero-order chi connectivity index (χ0) is 25.9. The Bertz CT molecular complexity index is 797. The second-order valence-corrected chi connectivity index (χ2v) is 11.0. The molecule has 1 fully saturated rings. The smallest absolute Gasteiger partial charge is 0.675 e. The zero-order valence-electron chi connectivity index (χ0n) is 23.9. The third-order valence-corrected chi connectivity index (χ3v) is 6.72. The summed E-state index contributed by atoms with van der Waals surface area (Å²) in [7, 11) is 0.750. The average Bonchev–Trinajstić information content (AvgIpc) is 3.10. The van der Waals surface area contributed by atoms with Gasteiger partial charge >= 0.3 is 21.7 Å². The first-order valence-electron chi connectivity index (χ1n) is 13.7. The zero-order valence-corrected chi connectivity index (χ0v) is 26.6. The Morgan fingerprint density at radius 2 is 1.06 bits per heavy atom. The van der Waals surface area contributed by atoms with Crippen LogP contribution in [0.4, 0.5) is 0 Å². The summed E-state index contributed by atoms with van der Waals surface area (Å²) in [4.78, 5) is 0. The van der Waals surface area contributed by atoms with Gasteiger partial charge in [-0.2, -0.15) is 11.1 Å². The minimum atomic E-state index is 0. The average molecular weight is 537 g/mol. The number of rotatable bonds is 1. The molecule has 0 heterocycles. The molecule has 2 aliphatic carbocycles. The molecule has 1 atom stereocenters. The van der Waals surface area contributed by atoms with E-state index in [1.807, 2.05) is 12.1 Å². The fourth-order valence-electron chi connectivity index (χ4n) is 4.23. The van der Waals surface area contributed by atoms with Crippen molar-refractivity contribution in [1.82, 2.24) is 0 Å². The minimum absolute atomic E-state index is 0. The second-order valence-electron chi connectivity index (χ2n) is 9.86. The van der Waals surface area contributed by atoms with E-state index in [1.54, 1.807) is 0 Å². The van der Waals surface area contributed by atoms with Crippen LogP contribution in [0.1, 0.15) is 85.5 Å². The van der Waals surface area contributed by atoms with Gasteiger partial charge < -0.3 is 5.73 Å². The molecule has 1 nitrogen and oxygen atoms in total. The van der Waals surface area contributed by atoms with Gasteiger partial charge in [-0.3, -0.25) is 6.08 Å². The van der Waals surface area contributed by atoms with Gasteiger partial charge in [0, 0.05) is 9.52 Å². The summed E-state index contributed by atoms with van der Waals surface area (Å²) in [6.45, 7) is 13.1. The van der Waals surface area contributed by atoms with Gasteiger partial charge in [0.05, 0.1) is 0 Å². The first-order chi connectivity index (χ1) is 16.9. The Balaban J connectivity index is 0.000000481. The quantitative estimate of drug-likeness (QED) is 0.256. The number of hydrogen-bond donors (Lipinski definition) is 0. The number of allylic oxidation sites excluding steroid dienone is 4. The molecule has 2 aromatic rings. The van der Waals surface area contributed by atoms with Crippen LogP contribution in [0.25, 0.3) is 16.9 Å². The van der Waals surface area contributed by atoms with Gasteiger partial charge in [-0.25, -0.2) is 5.57 Å². The van der Waals surface area contributed by atoms with Crippen molar-refractivity contribution in [3.63, 3.8) is 0 Å². The molecule has 0 amide bonds. The predicted octanol–water partition coefficient (Wildman–Crippen LogP) is 10.5. The molecule has 195 valence electrons. The van der Waals surface area contributed by atoms with Crippen molar-refractivity contribution in [3.8, 4) is 11.1 Å². The van der Waals surface area contributed by atoms with Crippen molar-refractivity contribution < 1.29 is 21.7 Å². The molecular weight excluding hydrogens is 486 g/mol. The summed E-state index contributed by atoms with van der Waals surface area (Å²) in [6, 6.07) is 21.0. The predicted molar refractivity (Wildman–Crippen MR) is 160 cm³/mol. The second kappa shape index (κ2) is 21.9. The Kier molecular flexibility index (Phi) is 21.1. The topological polar surface area (TPSA) is 23.8 Å². The molecule has 2 aliphatic rings. The molecule has 0 aliphatic heterocycles. The Labute approximate surface area is 241 Å². The van der Waals surface area contributed by atoms with Crippen molar-refractivity contribution in [3.05, 3.63) is 89.2 Å². The van der Waals surface area contributed by atoms with Crippen LogP contribution in [-0.2, 0) is 21.7 Å². The van der Waals surface area contributed by atoms with Crippen molar-refractivity contribution in [2.75, 3.05) is 0 Å². The molecular formula is C33H50NSiTi. The fourth-order valence-corrected chi connectivity index (χ4v) is 4.23. The van der Waals surface area contributed by atoms with Gasteiger partial charge in [0.25, 0.3) is 0 Å². The van der Waals surface area contributed by atoms with Gasteiger partial charge in [-0.15, -0.1) is 13.0 Å². The summed E-state index contributed by atoms with van der Waals surface area (Å²) < 4.78 is 0. The maximum absolute atomic E-state index is 7.68. The van der Waals surface area contributed by atoms with E-state index in [9.17, 15) is 0 Å². The maximum atomic E-state index is 7.68. The number of nitrogens with one attached hydrogen (secondary N) is 1. The minimum Gasteiger partial charge on any atom is -0.675 e. The SMILES string of the molecule is CC1=[C-]C(C)C(C)=C1C.C[SiH]C.[NH-]C1CCCCCCCCC1.[Ti+2].c1ccc(-c2ccccc2)cc1. The first kappa shape index (κ1) is 34.8. The summed E-state index contributed by atoms with van der Waals surface area (Å²) >= 11 is 0. The van der Waals surface area contributed by atoms with Gasteiger partial charge in [-0.05, 0) is 11.1 Å². The summed E-state index contributed by atoms with van der Waals surface area (Å²) in [6.07, 6.45) is 15.3. The van der Waals surface area contributed by atoms with E-state index in [4.69, 9.17) is 5.73 Å². The number of hydrogen-bond acceptors (Lipinski definition) is 0. The normalized spacial score (nSPS) is 18.1. The Hall–Kier alpha value is -1.19. The summed E-state index contributed by atoms with van der Waals surface area (Å²) in [5.41, 5.74) is 14.5. The van der Waals surface area contributed by atoms with Gasteiger partial charge in [0.1, 0.15) is 0 Å². The van der Waals surface area contributed by atoms with Crippen LogP contribution < -0.4 is 0 Å². The van der Waals surface area contributed by atoms with Crippen LogP contribution in [0.2, 0.25) is 13.1 Å². The van der Waals surface area contributed by atoms with E-state index >= 15 is 0 Å². The summed E-state index contributed by atoms with van der Waals surface area (Å²) in [5.74, 6) is 0.560. The molecule has 1 N–H and O–H groups in total. The fraction of sp³-hybridized carbons (Fsp3) is 0.515. The van der Waals surface area contributed by atoms with E-state index < -0.39 is 0 Å². The van der Waals surface area contributed by atoms with Crippen LogP contribution in [-0.4, -0.2) is 15.6 Å². The molecule has 1 radical (unpaired) electrons. The third-order valence-electron chi connectivity index (χ3n) is 6.72. The van der Waals surface area contributed by atoms with Crippen molar-refractivity contribution >= 4 is 9.52 Å². The van der Waals surface area contributed by atoms with Gasteiger partial charge in [-0.1, -0.05) is 158 Å². The van der Waals surface area contributed by atoms with Crippen LogP contribution in [0.15, 0.2) is 77.4 Å². The van der Waals surface area contributed by atoms with E-state index in [-0.39, 0.29) is 27.8 Å². The van der Waals surface area contributed by atoms with Crippen molar-refractivity contribution in [2.45, 2.75) is 105 Å². The molecule has 0 saturated heterocycles. The van der Waals surface area contributed by atoms with Crippen molar-refractivity contribution in [1.29, 1.82) is 0 Å². The third kappa shape index (κ3) is 15.2. The molecule has 0 spiro atoms. The van der Waals surface area contributed by atoms with E-state index in [2.05, 4.69) is 95.4 Å². The molecule has 0 bridgehead atoms. The Morgan fingerprint density at radius 3 is 1.33 bits per heavy atom. The molecule has 4 rings (SSSR count). The molecule has 36 heavy (non-hydrogen) atoms. The molecule has 0 aromatic heterocycles. The van der Waals surface area contributed by atoms with Crippen LogP contribution >= 0.6 is 0 Å². The van der Waals surface area contributed by atoms with Gasteiger partial charge in [0.2, 0.25) is 0 Å². The Morgan fingerprint density at radius 1 is 0.694 bits per heavy atom. The number of benzene rings is 2. The van der Waals surface area contributed by atoms with Crippen LogP contribution in [0.3, 0.4) is 0 Å². The first-order valence-corrected chi connectivity index (χ1v) is 16.0. The van der Waals surface area contributed by atoms with E-state index in [0.717, 1.165) is 22.4 Å². The van der Waals surface area contributed by atoms with E-state index in [1.165, 1.54) is 72.8 Å². The standard InChI is InChI=1S/C12H10.C10H20N.C9H13.C2H7Si.Ti/c1-3-7-11(8-4-1)12-9-5-2-6-10-12;11-10-8-6-4-2-1-3-5-7-9-10;1-6-5-7(2)9(4)8(6)3;1-3-2;/h1-10H;10-11H,1-9H2;6H,1-4H3;3H,1-2H3;/q;2*-1;;+2. The molecule has 2 aromatic carbocycles. The largest absolute Gasteiger partial charge is 2.00 e. The van der Waals surface area contributed by atoms with E-state index in [0.29, 0.717) is 5.92 Å². The monoisotopic (exact) mass is 536 g/mol. The summed E-state index contributed by atoms with van der Waals surface area (Å²) in [5, 5.41) is 0. The van der Waals surface area contributed by atoms with Crippen molar-refractivity contribution in [2.24, 2.45) is 5.92 Å². The molecule has 3 heteroatoms. The molecule has 1 unspecified atom stereocenters. The van der Waals surface area contributed by atoms with Gasteiger partial charge in [0.15, 0.2) is 0 Å². The maximum Gasteiger partial charge on any atom is 2.00 e. The molecule has 1 saturated carbocycles.